The maximum Gasteiger partial charge on any atom is 0.224 e. The molecule has 5 nitrogen and oxygen atoms in total. The number of carbonyl (C=O) groups excluding carboxylic acids is 2. The van der Waals surface area contributed by atoms with Crippen molar-refractivity contribution in [3.8, 4) is 6.07 Å². The lowest BCUT2D eigenvalue weighted by Gasteiger charge is -2.26. The van der Waals surface area contributed by atoms with Gasteiger partial charge in [-0.25, -0.2) is 0 Å². The lowest BCUT2D eigenvalue weighted by molar-refractivity contribution is -0.131. The van der Waals surface area contributed by atoms with Gasteiger partial charge in [-0.15, -0.1) is 0 Å². The highest BCUT2D eigenvalue weighted by Crippen LogP contribution is 2.34. The van der Waals surface area contributed by atoms with Crippen molar-refractivity contribution in [1.82, 2.24) is 9.80 Å². The highest BCUT2D eigenvalue weighted by Gasteiger charge is 2.36. The van der Waals surface area contributed by atoms with Crippen molar-refractivity contribution < 1.29 is 9.59 Å². The monoisotopic (exact) mass is 279 g/mol. The summed E-state index contributed by atoms with van der Waals surface area (Å²) in [6.07, 6.45) is 1.27. The Morgan fingerprint density at radius 3 is 2.65 bits per heavy atom. The largest absolute Gasteiger partial charge is 0.345 e. The number of nitrogens with zero attached hydrogens (tertiary/aromatic N) is 3. The summed E-state index contributed by atoms with van der Waals surface area (Å²) in [5.74, 6) is 0.506. The smallest absolute Gasteiger partial charge is 0.224 e. The van der Waals surface area contributed by atoms with E-state index in [2.05, 4.69) is 20.8 Å². The van der Waals surface area contributed by atoms with Gasteiger partial charge in [-0.05, 0) is 11.3 Å². The zero-order valence-electron chi connectivity index (χ0n) is 13.0. The summed E-state index contributed by atoms with van der Waals surface area (Å²) in [7, 11) is 1.70. The van der Waals surface area contributed by atoms with Gasteiger partial charge in [-0.2, -0.15) is 5.26 Å². The van der Waals surface area contributed by atoms with E-state index in [9.17, 15) is 9.59 Å². The minimum Gasteiger partial charge on any atom is -0.345 e. The van der Waals surface area contributed by atoms with Gasteiger partial charge in [0.2, 0.25) is 11.8 Å². The quantitative estimate of drug-likeness (QED) is 0.768. The highest BCUT2D eigenvalue weighted by atomic mass is 16.2. The minimum absolute atomic E-state index is 0.00717. The first-order chi connectivity index (χ1) is 9.25. The van der Waals surface area contributed by atoms with Crippen LogP contribution in [0.5, 0.6) is 0 Å². The van der Waals surface area contributed by atoms with E-state index in [4.69, 9.17) is 5.26 Å². The highest BCUT2D eigenvalue weighted by molar-refractivity contribution is 5.80. The SMILES string of the molecule is CN(CCC#N)C(=O)CCN1CC(C(C)(C)C)CC1=O. The molecule has 20 heavy (non-hydrogen) atoms. The molecular weight excluding hydrogens is 254 g/mol. The van der Waals surface area contributed by atoms with Crippen LogP contribution in [0.3, 0.4) is 0 Å². The molecule has 0 N–H and O–H groups in total. The number of carbonyl (C=O) groups is 2. The Labute approximate surface area is 121 Å². The number of hydrogen-bond acceptors (Lipinski definition) is 3. The molecule has 1 saturated heterocycles. The normalized spacial score (nSPS) is 19.1. The van der Waals surface area contributed by atoms with E-state index in [1.807, 2.05) is 6.07 Å². The Kier molecular flexibility index (Phi) is 5.55. The summed E-state index contributed by atoms with van der Waals surface area (Å²) >= 11 is 0. The Bertz CT molecular complexity index is 406. The Morgan fingerprint density at radius 1 is 1.50 bits per heavy atom. The van der Waals surface area contributed by atoms with Gasteiger partial charge in [-0.1, -0.05) is 20.8 Å². The van der Waals surface area contributed by atoms with E-state index in [0.717, 1.165) is 6.54 Å². The number of nitriles is 1. The second-order valence-corrected chi connectivity index (χ2v) is 6.58. The summed E-state index contributed by atoms with van der Waals surface area (Å²) in [6, 6.07) is 2.02. The number of amides is 2. The van der Waals surface area contributed by atoms with Crippen LogP contribution in [0.25, 0.3) is 0 Å². The van der Waals surface area contributed by atoms with Crippen LogP contribution in [0.15, 0.2) is 0 Å². The second-order valence-electron chi connectivity index (χ2n) is 6.58. The molecule has 1 atom stereocenters. The molecule has 0 aromatic heterocycles. The third-order valence-corrected chi connectivity index (χ3v) is 4.02. The van der Waals surface area contributed by atoms with Crippen molar-refractivity contribution in [2.45, 2.75) is 40.0 Å². The summed E-state index contributed by atoms with van der Waals surface area (Å²) in [6.45, 7) is 8.13. The lowest BCUT2D eigenvalue weighted by atomic mass is 9.80. The van der Waals surface area contributed by atoms with Crippen molar-refractivity contribution >= 4 is 11.8 Å². The maximum absolute atomic E-state index is 11.9. The number of rotatable bonds is 5. The Morgan fingerprint density at radius 2 is 2.15 bits per heavy atom. The molecule has 1 aliphatic heterocycles. The van der Waals surface area contributed by atoms with Crippen molar-refractivity contribution in [3.63, 3.8) is 0 Å². The third-order valence-electron chi connectivity index (χ3n) is 4.02. The van der Waals surface area contributed by atoms with E-state index in [1.54, 1.807) is 16.8 Å². The topological polar surface area (TPSA) is 64.4 Å². The van der Waals surface area contributed by atoms with Crippen LogP contribution in [0.2, 0.25) is 0 Å². The molecule has 1 fully saturated rings. The molecule has 0 aromatic carbocycles. The molecule has 5 heteroatoms. The van der Waals surface area contributed by atoms with Crippen molar-refractivity contribution in [3.05, 3.63) is 0 Å². The molecule has 1 rings (SSSR count). The summed E-state index contributed by atoms with van der Waals surface area (Å²) < 4.78 is 0. The average Bonchev–Trinajstić information content (AvgIpc) is 2.74. The number of hydrogen-bond donors (Lipinski definition) is 0. The molecule has 0 saturated carbocycles. The van der Waals surface area contributed by atoms with E-state index >= 15 is 0 Å². The second kappa shape index (κ2) is 6.74. The Balaban J connectivity index is 2.41. The molecule has 1 heterocycles. The van der Waals surface area contributed by atoms with Gasteiger partial charge in [0.1, 0.15) is 0 Å². The van der Waals surface area contributed by atoms with Gasteiger partial charge in [0, 0.05) is 39.5 Å². The van der Waals surface area contributed by atoms with Crippen LogP contribution in [0.1, 0.15) is 40.0 Å². The molecule has 1 aliphatic rings. The van der Waals surface area contributed by atoms with Crippen LogP contribution < -0.4 is 0 Å². The third kappa shape index (κ3) is 4.52. The van der Waals surface area contributed by atoms with Crippen LogP contribution in [0, 0.1) is 22.7 Å². The first-order valence-corrected chi connectivity index (χ1v) is 7.14. The predicted molar refractivity (Wildman–Crippen MR) is 76.6 cm³/mol. The fraction of sp³-hybridized carbons (Fsp3) is 0.800. The van der Waals surface area contributed by atoms with E-state index in [0.29, 0.717) is 38.3 Å². The summed E-state index contributed by atoms with van der Waals surface area (Å²) in [5.41, 5.74) is 0.123. The Hall–Kier alpha value is -1.57. The van der Waals surface area contributed by atoms with Crippen molar-refractivity contribution in [2.75, 3.05) is 26.7 Å². The van der Waals surface area contributed by atoms with Crippen LogP contribution in [-0.4, -0.2) is 48.3 Å². The molecule has 0 bridgehead atoms. The molecule has 1 unspecified atom stereocenters. The minimum atomic E-state index is -0.00717. The predicted octanol–water partition coefficient (Wildman–Crippen LogP) is 1.64. The van der Waals surface area contributed by atoms with Crippen LogP contribution in [0.4, 0.5) is 0 Å². The van der Waals surface area contributed by atoms with E-state index < -0.39 is 0 Å². The van der Waals surface area contributed by atoms with E-state index in [1.165, 1.54) is 0 Å². The molecule has 0 spiro atoms. The van der Waals surface area contributed by atoms with Crippen LogP contribution >= 0.6 is 0 Å². The number of likely N-dealkylation sites (tertiary alicyclic amines) is 1. The van der Waals surface area contributed by atoms with Crippen molar-refractivity contribution in [1.29, 1.82) is 5.26 Å². The fourth-order valence-corrected chi connectivity index (χ4v) is 2.33. The lowest BCUT2D eigenvalue weighted by Crippen LogP contribution is -2.34. The molecule has 112 valence electrons. The molecule has 0 aromatic rings. The molecular formula is C15H25N3O2. The van der Waals surface area contributed by atoms with Gasteiger partial charge in [0.15, 0.2) is 0 Å². The molecule has 2 amide bonds. The maximum atomic E-state index is 11.9. The van der Waals surface area contributed by atoms with Gasteiger partial charge in [0.25, 0.3) is 0 Å². The first kappa shape index (κ1) is 16.5. The summed E-state index contributed by atoms with van der Waals surface area (Å²) in [5, 5.41) is 8.50. The standard InChI is InChI=1S/C15H25N3O2/c1-15(2,3)12-10-14(20)18(11-12)9-6-13(19)17(4)8-5-7-16/h12H,5-6,8-11H2,1-4H3. The molecule has 0 radical (unpaired) electrons. The first-order valence-electron chi connectivity index (χ1n) is 7.14. The summed E-state index contributed by atoms with van der Waals surface area (Å²) in [4.78, 5) is 27.2. The van der Waals surface area contributed by atoms with Gasteiger partial charge in [0.05, 0.1) is 12.5 Å². The van der Waals surface area contributed by atoms with E-state index in [-0.39, 0.29) is 17.2 Å². The van der Waals surface area contributed by atoms with Gasteiger partial charge in [-0.3, -0.25) is 9.59 Å². The zero-order chi connectivity index (χ0) is 15.3. The van der Waals surface area contributed by atoms with Crippen molar-refractivity contribution in [2.24, 2.45) is 11.3 Å². The average molecular weight is 279 g/mol. The fourth-order valence-electron chi connectivity index (χ4n) is 2.33. The zero-order valence-corrected chi connectivity index (χ0v) is 13.0. The van der Waals surface area contributed by atoms with Crippen LogP contribution in [-0.2, 0) is 9.59 Å². The van der Waals surface area contributed by atoms with Gasteiger partial charge < -0.3 is 9.80 Å². The van der Waals surface area contributed by atoms with Gasteiger partial charge >= 0.3 is 0 Å². The molecule has 0 aliphatic carbocycles.